The molecule has 0 aliphatic rings. The SMILES string of the molecule is CCC(C)(Pc1ccc(C)cc1C=O)c1cc(C)ccc1OC. The third-order valence-electron chi connectivity index (χ3n) is 4.40. The molecular weight excluding hydrogens is 303 g/mol. The van der Waals surface area contributed by atoms with Crippen molar-refractivity contribution in [3.63, 3.8) is 0 Å². The fourth-order valence-electron chi connectivity index (χ4n) is 2.79. The van der Waals surface area contributed by atoms with E-state index in [9.17, 15) is 4.79 Å². The van der Waals surface area contributed by atoms with E-state index in [1.807, 2.05) is 19.1 Å². The van der Waals surface area contributed by atoms with E-state index < -0.39 is 0 Å². The highest BCUT2D eigenvalue weighted by Gasteiger charge is 2.29. The van der Waals surface area contributed by atoms with E-state index in [0.717, 1.165) is 34.9 Å². The Morgan fingerprint density at radius 1 is 1.13 bits per heavy atom. The summed E-state index contributed by atoms with van der Waals surface area (Å²) in [6, 6.07) is 12.5. The van der Waals surface area contributed by atoms with Gasteiger partial charge in [0.1, 0.15) is 5.75 Å². The van der Waals surface area contributed by atoms with Crippen LogP contribution in [0.5, 0.6) is 5.75 Å². The topological polar surface area (TPSA) is 26.3 Å². The van der Waals surface area contributed by atoms with Crippen LogP contribution in [0.25, 0.3) is 0 Å². The van der Waals surface area contributed by atoms with Crippen molar-refractivity contribution in [1.29, 1.82) is 0 Å². The van der Waals surface area contributed by atoms with Crippen molar-refractivity contribution in [2.24, 2.45) is 0 Å². The maximum atomic E-state index is 11.4. The Balaban J connectivity index is 2.50. The van der Waals surface area contributed by atoms with Crippen LogP contribution in [0.2, 0.25) is 0 Å². The van der Waals surface area contributed by atoms with Crippen LogP contribution in [-0.4, -0.2) is 13.4 Å². The van der Waals surface area contributed by atoms with Crippen molar-refractivity contribution in [2.45, 2.75) is 39.3 Å². The summed E-state index contributed by atoms with van der Waals surface area (Å²) < 4.78 is 5.60. The number of methoxy groups -OCH3 is 1. The minimum Gasteiger partial charge on any atom is -0.496 e. The quantitative estimate of drug-likeness (QED) is 0.565. The second kappa shape index (κ2) is 7.27. The summed E-state index contributed by atoms with van der Waals surface area (Å²) in [5.74, 6) is 0.923. The van der Waals surface area contributed by atoms with Gasteiger partial charge in [-0.1, -0.05) is 57.8 Å². The first-order valence-corrected chi connectivity index (χ1v) is 8.92. The van der Waals surface area contributed by atoms with Crippen LogP contribution in [0.4, 0.5) is 0 Å². The summed E-state index contributed by atoms with van der Waals surface area (Å²) in [6.07, 6.45) is 1.95. The van der Waals surface area contributed by atoms with Crippen molar-refractivity contribution in [3.05, 3.63) is 58.7 Å². The van der Waals surface area contributed by atoms with Crippen molar-refractivity contribution < 1.29 is 9.53 Å². The van der Waals surface area contributed by atoms with Gasteiger partial charge in [-0.2, -0.15) is 0 Å². The van der Waals surface area contributed by atoms with Gasteiger partial charge in [0.2, 0.25) is 0 Å². The average molecular weight is 328 g/mol. The van der Waals surface area contributed by atoms with E-state index >= 15 is 0 Å². The maximum absolute atomic E-state index is 11.4. The second-order valence-electron chi connectivity index (χ2n) is 6.22. The molecule has 0 saturated carbocycles. The highest BCUT2D eigenvalue weighted by atomic mass is 31.1. The van der Waals surface area contributed by atoms with Gasteiger partial charge in [0.15, 0.2) is 6.29 Å². The van der Waals surface area contributed by atoms with E-state index in [2.05, 4.69) is 45.0 Å². The summed E-state index contributed by atoms with van der Waals surface area (Å²) in [5.41, 5.74) is 4.37. The summed E-state index contributed by atoms with van der Waals surface area (Å²) in [7, 11) is 2.23. The molecule has 2 nitrogen and oxygen atoms in total. The van der Waals surface area contributed by atoms with Crippen molar-refractivity contribution in [3.8, 4) is 5.75 Å². The molecule has 3 heteroatoms. The summed E-state index contributed by atoms with van der Waals surface area (Å²) >= 11 is 0. The predicted octanol–water partition coefficient (Wildman–Crippen LogP) is 4.75. The molecule has 2 aromatic rings. The molecule has 0 N–H and O–H groups in total. The lowest BCUT2D eigenvalue weighted by molar-refractivity contribution is 0.112. The summed E-state index contributed by atoms with van der Waals surface area (Å²) in [6.45, 7) is 8.58. The van der Waals surface area contributed by atoms with E-state index in [0.29, 0.717) is 8.58 Å². The number of hydrogen-bond donors (Lipinski definition) is 0. The third kappa shape index (κ3) is 3.82. The molecule has 0 radical (unpaired) electrons. The lowest BCUT2D eigenvalue weighted by atomic mass is 9.95. The lowest BCUT2D eigenvalue weighted by Crippen LogP contribution is -2.21. The number of rotatable bonds is 6. The highest BCUT2D eigenvalue weighted by Crippen LogP contribution is 2.47. The van der Waals surface area contributed by atoms with E-state index in [4.69, 9.17) is 4.74 Å². The second-order valence-corrected chi connectivity index (χ2v) is 8.12. The first kappa shape index (κ1) is 17.7. The number of carbonyl (C=O) groups excluding carboxylic acids is 1. The zero-order valence-corrected chi connectivity index (χ0v) is 15.6. The highest BCUT2D eigenvalue weighted by molar-refractivity contribution is 7.48. The first-order valence-electron chi connectivity index (χ1n) is 7.92. The smallest absolute Gasteiger partial charge is 0.150 e. The van der Waals surface area contributed by atoms with Crippen molar-refractivity contribution in [1.82, 2.24) is 0 Å². The van der Waals surface area contributed by atoms with Gasteiger partial charge in [0, 0.05) is 16.3 Å². The van der Waals surface area contributed by atoms with Gasteiger partial charge < -0.3 is 4.74 Å². The molecular formula is C20H25O2P. The van der Waals surface area contributed by atoms with Gasteiger partial charge in [-0.05, 0) is 37.7 Å². The molecule has 2 rings (SSSR count). The molecule has 2 unspecified atom stereocenters. The van der Waals surface area contributed by atoms with Crippen molar-refractivity contribution >= 4 is 20.2 Å². The molecule has 122 valence electrons. The van der Waals surface area contributed by atoms with Crippen LogP contribution in [0, 0.1) is 13.8 Å². The number of carbonyl (C=O) groups is 1. The minimum absolute atomic E-state index is 0.0512. The van der Waals surface area contributed by atoms with Crippen LogP contribution in [0.3, 0.4) is 0 Å². The van der Waals surface area contributed by atoms with Gasteiger partial charge in [0.25, 0.3) is 0 Å². The molecule has 0 aliphatic carbocycles. The van der Waals surface area contributed by atoms with Crippen LogP contribution in [0.15, 0.2) is 36.4 Å². The van der Waals surface area contributed by atoms with E-state index in [-0.39, 0.29) is 5.16 Å². The van der Waals surface area contributed by atoms with Crippen LogP contribution < -0.4 is 10.0 Å². The fraction of sp³-hybridized carbons (Fsp3) is 0.350. The number of hydrogen-bond acceptors (Lipinski definition) is 2. The molecule has 0 saturated heterocycles. The lowest BCUT2D eigenvalue weighted by Gasteiger charge is -2.31. The van der Waals surface area contributed by atoms with Gasteiger partial charge in [-0.3, -0.25) is 4.79 Å². The molecule has 0 aliphatic heterocycles. The summed E-state index contributed by atoms with van der Waals surface area (Å²) in [4.78, 5) is 11.4. The van der Waals surface area contributed by atoms with Gasteiger partial charge in [-0.25, -0.2) is 0 Å². The number of ether oxygens (including phenoxy) is 1. The van der Waals surface area contributed by atoms with E-state index in [1.165, 1.54) is 11.1 Å². The molecule has 0 fully saturated rings. The largest absolute Gasteiger partial charge is 0.496 e. The van der Waals surface area contributed by atoms with Gasteiger partial charge in [-0.15, -0.1) is 0 Å². The monoisotopic (exact) mass is 328 g/mol. The van der Waals surface area contributed by atoms with Crippen LogP contribution in [-0.2, 0) is 5.16 Å². The molecule has 0 aromatic heterocycles. The molecule has 0 heterocycles. The van der Waals surface area contributed by atoms with Crippen molar-refractivity contribution in [2.75, 3.05) is 7.11 Å². The summed E-state index contributed by atoms with van der Waals surface area (Å²) in [5, 5.41) is 1.07. The number of benzene rings is 2. The Morgan fingerprint density at radius 2 is 1.78 bits per heavy atom. The van der Waals surface area contributed by atoms with Gasteiger partial charge in [0.05, 0.1) is 7.11 Å². The molecule has 0 amide bonds. The fourth-order valence-corrected chi connectivity index (χ4v) is 4.33. The zero-order valence-electron chi connectivity index (χ0n) is 14.6. The standard InChI is InChI=1S/C20H25O2P/c1-6-20(4,17-12-15(3)7-9-18(17)22-5)23-19-10-8-14(2)11-16(19)13-21/h7-13,23H,6H2,1-5H3. The van der Waals surface area contributed by atoms with Crippen LogP contribution in [0.1, 0.15) is 47.3 Å². The first-order chi connectivity index (χ1) is 10.9. The molecule has 0 bridgehead atoms. The number of aldehydes is 1. The maximum Gasteiger partial charge on any atom is 0.150 e. The molecule has 23 heavy (non-hydrogen) atoms. The molecule has 2 atom stereocenters. The Bertz CT molecular complexity index is 709. The number of aryl methyl sites for hydroxylation is 2. The third-order valence-corrected chi connectivity index (χ3v) is 6.30. The Labute approximate surface area is 141 Å². The molecule has 2 aromatic carbocycles. The molecule has 0 spiro atoms. The zero-order chi connectivity index (χ0) is 17.0. The van der Waals surface area contributed by atoms with Crippen LogP contribution >= 0.6 is 8.58 Å². The Hall–Kier alpha value is -1.66. The predicted molar refractivity (Wildman–Crippen MR) is 99.9 cm³/mol. The average Bonchev–Trinajstić information content (AvgIpc) is 2.56. The Morgan fingerprint density at radius 3 is 2.39 bits per heavy atom. The normalized spacial score (nSPS) is 14.0. The van der Waals surface area contributed by atoms with E-state index in [1.54, 1.807) is 7.11 Å². The minimum atomic E-state index is -0.0512. The Kier molecular flexibility index (Phi) is 5.59. The van der Waals surface area contributed by atoms with Gasteiger partial charge >= 0.3 is 0 Å².